The highest BCUT2D eigenvalue weighted by Crippen LogP contribution is 2.43. The Kier molecular flexibility index (Phi) is 5.52. The smallest absolute Gasteiger partial charge is 0.227 e. The Labute approximate surface area is 196 Å². The summed E-state index contributed by atoms with van der Waals surface area (Å²) in [7, 11) is 0. The van der Waals surface area contributed by atoms with Gasteiger partial charge in [-0.1, -0.05) is 18.2 Å². The fourth-order valence-electron chi connectivity index (χ4n) is 5.34. The Bertz CT molecular complexity index is 1190. The molecule has 0 N–H and O–H groups in total. The molecule has 1 fully saturated rings. The summed E-state index contributed by atoms with van der Waals surface area (Å²) >= 11 is 1.57. The molecule has 6 rings (SSSR count). The minimum Gasteiger partial charge on any atom is -0.372 e. The van der Waals surface area contributed by atoms with Crippen molar-refractivity contribution in [2.24, 2.45) is 0 Å². The van der Waals surface area contributed by atoms with Crippen LogP contribution in [0.3, 0.4) is 0 Å². The lowest BCUT2D eigenvalue weighted by Crippen LogP contribution is -2.47. The molecule has 3 aliphatic rings. The van der Waals surface area contributed by atoms with Crippen LogP contribution < -0.4 is 9.80 Å². The maximum atomic E-state index is 14.2. The molecule has 1 saturated heterocycles. The Balaban J connectivity index is 1.00. The van der Waals surface area contributed by atoms with Gasteiger partial charge < -0.3 is 14.5 Å². The van der Waals surface area contributed by atoms with E-state index >= 15 is 0 Å². The van der Waals surface area contributed by atoms with Crippen LogP contribution in [-0.4, -0.2) is 61.1 Å². The zero-order valence-electron chi connectivity index (χ0n) is 18.5. The number of nitrogens with zero attached hydrogens (tertiary/aromatic N) is 4. The van der Waals surface area contributed by atoms with Crippen LogP contribution in [-0.2, 0) is 16.0 Å². The molecule has 1 aromatic heterocycles. The minimum absolute atomic E-state index is 0.0752. The Morgan fingerprint density at radius 1 is 1.09 bits per heavy atom. The molecule has 8 heteroatoms. The van der Waals surface area contributed by atoms with Crippen LogP contribution in [0.15, 0.2) is 36.4 Å². The van der Waals surface area contributed by atoms with Crippen molar-refractivity contribution in [3.63, 3.8) is 0 Å². The molecule has 0 spiro atoms. The first-order chi connectivity index (χ1) is 16.2. The zero-order chi connectivity index (χ0) is 22.4. The number of carbonyl (C=O) groups is 1. The third kappa shape index (κ3) is 3.80. The second-order valence-corrected chi connectivity index (χ2v) is 9.82. The van der Waals surface area contributed by atoms with E-state index in [-0.39, 0.29) is 17.8 Å². The van der Waals surface area contributed by atoms with E-state index in [9.17, 15) is 9.18 Å². The quantitative estimate of drug-likeness (QED) is 0.514. The molecule has 0 saturated carbocycles. The third-order valence-corrected chi connectivity index (χ3v) is 7.90. The molecule has 4 heterocycles. The van der Waals surface area contributed by atoms with Gasteiger partial charge in [-0.05, 0) is 42.6 Å². The van der Waals surface area contributed by atoms with Crippen LogP contribution in [0.1, 0.15) is 30.1 Å². The van der Waals surface area contributed by atoms with E-state index in [4.69, 9.17) is 9.11 Å². The molecule has 3 aliphatic heterocycles. The van der Waals surface area contributed by atoms with Gasteiger partial charge in [-0.2, -0.15) is 4.37 Å². The largest absolute Gasteiger partial charge is 0.372 e. The van der Waals surface area contributed by atoms with Crippen molar-refractivity contribution in [1.82, 2.24) is 9.27 Å². The van der Waals surface area contributed by atoms with Gasteiger partial charge in [-0.15, -0.1) is 0 Å². The molecule has 2 aromatic carbocycles. The number of hydrogen-bond donors (Lipinski definition) is 0. The van der Waals surface area contributed by atoms with Gasteiger partial charge >= 0.3 is 0 Å². The van der Waals surface area contributed by atoms with E-state index in [1.807, 2.05) is 0 Å². The molecule has 0 bridgehead atoms. The van der Waals surface area contributed by atoms with E-state index in [1.54, 1.807) is 22.5 Å². The SMILES string of the molecule is O=C1CCc2c(F)ccc3c2N1CC3OCCCN1CCN(c2nsc3ccccc23)CC1. The number of rotatable bonds is 6. The minimum atomic E-state index is -0.211. The number of halogens is 1. The number of ether oxygens (including phenoxy) is 1. The van der Waals surface area contributed by atoms with Crippen molar-refractivity contribution >= 4 is 39.0 Å². The zero-order valence-corrected chi connectivity index (χ0v) is 19.3. The highest BCUT2D eigenvalue weighted by molar-refractivity contribution is 7.13. The van der Waals surface area contributed by atoms with E-state index < -0.39 is 0 Å². The monoisotopic (exact) mass is 466 g/mol. The van der Waals surface area contributed by atoms with Crippen molar-refractivity contribution in [2.75, 3.05) is 55.7 Å². The second-order valence-electron chi connectivity index (χ2n) is 9.01. The molecule has 172 valence electrons. The number of hydrogen-bond acceptors (Lipinski definition) is 6. The highest BCUT2D eigenvalue weighted by Gasteiger charge is 2.38. The van der Waals surface area contributed by atoms with Gasteiger partial charge in [0, 0.05) is 62.3 Å². The van der Waals surface area contributed by atoms with Gasteiger partial charge in [-0.25, -0.2) is 4.39 Å². The topological polar surface area (TPSA) is 48.9 Å². The third-order valence-electron chi connectivity index (χ3n) is 7.08. The number of aromatic nitrogens is 1. The van der Waals surface area contributed by atoms with Crippen LogP contribution in [0.2, 0.25) is 0 Å². The summed E-state index contributed by atoms with van der Waals surface area (Å²) in [6.45, 7) is 6.13. The highest BCUT2D eigenvalue weighted by atomic mass is 32.1. The fourth-order valence-corrected chi connectivity index (χ4v) is 6.13. The standard InChI is InChI=1S/C25H27FN4O2S/c26-20-8-6-18-21(16-30-23(31)9-7-17(20)24(18)30)32-15-3-10-28-11-13-29(14-12-28)25-19-4-1-2-5-22(19)33-27-25/h1-2,4-6,8,21H,3,7,9-16H2. The van der Waals surface area contributed by atoms with E-state index in [0.29, 0.717) is 31.6 Å². The first kappa shape index (κ1) is 21.0. The Morgan fingerprint density at radius 2 is 1.94 bits per heavy atom. The number of benzene rings is 2. The predicted octanol–water partition coefficient (Wildman–Crippen LogP) is 4.00. The van der Waals surface area contributed by atoms with Crippen molar-refractivity contribution in [3.05, 3.63) is 53.3 Å². The van der Waals surface area contributed by atoms with E-state index in [2.05, 4.69) is 34.1 Å². The number of piperazine rings is 1. The van der Waals surface area contributed by atoms with Crippen LogP contribution >= 0.6 is 11.5 Å². The van der Waals surface area contributed by atoms with Crippen molar-refractivity contribution < 1.29 is 13.9 Å². The molecule has 0 aliphatic carbocycles. The van der Waals surface area contributed by atoms with Gasteiger partial charge in [0.2, 0.25) is 5.91 Å². The molecule has 0 radical (unpaired) electrons. The lowest BCUT2D eigenvalue weighted by molar-refractivity contribution is -0.119. The summed E-state index contributed by atoms with van der Waals surface area (Å²) < 4.78 is 26.3. The summed E-state index contributed by atoms with van der Waals surface area (Å²) in [5.74, 6) is 0.980. The first-order valence-electron chi connectivity index (χ1n) is 11.7. The number of fused-ring (bicyclic) bond motifs is 1. The Hall–Kier alpha value is -2.55. The Morgan fingerprint density at radius 3 is 2.82 bits per heavy atom. The lowest BCUT2D eigenvalue weighted by Gasteiger charge is -2.35. The van der Waals surface area contributed by atoms with E-state index in [0.717, 1.165) is 56.2 Å². The van der Waals surface area contributed by atoms with Gasteiger partial charge in [0.1, 0.15) is 17.7 Å². The van der Waals surface area contributed by atoms with Crippen molar-refractivity contribution in [1.29, 1.82) is 0 Å². The van der Waals surface area contributed by atoms with Gasteiger partial charge in [-0.3, -0.25) is 9.69 Å². The molecular weight excluding hydrogens is 439 g/mol. The number of carbonyl (C=O) groups excluding carboxylic acids is 1. The summed E-state index contributed by atoms with van der Waals surface area (Å²) in [5.41, 5.74) is 2.40. The van der Waals surface area contributed by atoms with E-state index in [1.165, 1.54) is 16.2 Å². The van der Waals surface area contributed by atoms with Gasteiger partial charge in [0.25, 0.3) is 0 Å². The molecule has 1 amide bonds. The maximum absolute atomic E-state index is 14.2. The number of amides is 1. The summed E-state index contributed by atoms with van der Waals surface area (Å²) in [6.07, 6.45) is 1.65. The molecular formula is C25H27FN4O2S. The van der Waals surface area contributed by atoms with Crippen molar-refractivity contribution in [3.8, 4) is 0 Å². The number of anilines is 2. The maximum Gasteiger partial charge on any atom is 0.227 e. The van der Waals surface area contributed by atoms with Crippen LogP contribution in [0.5, 0.6) is 0 Å². The second kappa shape index (κ2) is 8.66. The summed E-state index contributed by atoms with van der Waals surface area (Å²) in [4.78, 5) is 18.9. The molecule has 1 unspecified atom stereocenters. The van der Waals surface area contributed by atoms with Gasteiger partial charge in [0.05, 0.1) is 16.9 Å². The van der Waals surface area contributed by atoms with Crippen molar-refractivity contribution in [2.45, 2.75) is 25.4 Å². The summed E-state index contributed by atoms with van der Waals surface area (Å²) in [6, 6.07) is 11.7. The summed E-state index contributed by atoms with van der Waals surface area (Å²) in [5, 5.41) is 1.25. The predicted molar refractivity (Wildman–Crippen MR) is 129 cm³/mol. The average molecular weight is 467 g/mol. The van der Waals surface area contributed by atoms with Crippen LogP contribution in [0.25, 0.3) is 10.1 Å². The average Bonchev–Trinajstić information content (AvgIpc) is 3.44. The fraction of sp³-hybridized carbons (Fsp3) is 0.440. The first-order valence-corrected chi connectivity index (χ1v) is 12.5. The molecule has 1 atom stereocenters. The molecule has 3 aromatic rings. The normalized spacial score (nSPS) is 20.6. The molecule has 6 nitrogen and oxygen atoms in total. The lowest BCUT2D eigenvalue weighted by atomic mass is 9.98. The molecule has 33 heavy (non-hydrogen) atoms. The van der Waals surface area contributed by atoms with Crippen LogP contribution in [0, 0.1) is 5.82 Å². The van der Waals surface area contributed by atoms with Gasteiger partial charge in [0.15, 0.2) is 0 Å². The van der Waals surface area contributed by atoms with Crippen LogP contribution in [0.4, 0.5) is 15.9 Å².